The lowest BCUT2D eigenvalue weighted by Crippen LogP contribution is -2.53. The van der Waals surface area contributed by atoms with Crippen LogP contribution in [0.5, 0.6) is 5.75 Å². The van der Waals surface area contributed by atoms with Crippen LogP contribution in [0.2, 0.25) is 0 Å². The van der Waals surface area contributed by atoms with Crippen molar-refractivity contribution in [1.29, 1.82) is 0 Å². The van der Waals surface area contributed by atoms with Gasteiger partial charge in [0.25, 0.3) is 5.91 Å². The summed E-state index contributed by atoms with van der Waals surface area (Å²) in [5.74, 6) is 1.30. The number of carbonyl (C=O) groups is 1. The molecular weight excluding hydrogens is 328 g/mol. The largest absolute Gasteiger partial charge is 0.481 e. The van der Waals surface area contributed by atoms with Gasteiger partial charge in [-0.3, -0.25) is 9.69 Å². The van der Waals surface area contributed by atoms with Crippen molar-refractivity contribution >= 4 is 5.91 Å². The van der Waals surface area contributed by atoms with Gasteiger partial charge in [0.1, 0.15) is 5.75 Å². The van der Waals surface area contributed by atoms with Crippen molar-refractivity contribution in [1.82, 2.24) is 9.80 Å². The SMILES string of the molecule is CC(Oc1cccc(C(C)C)c1)C(=O)N1CCN(CC2CCCO2)CC1. The Morgan fingerprint density at radius 3 is 2.65 bits per heavy atom. The van der Waals surface area contributed by atoms with E-state index in [9.17, 15) is 4.79 Å². The molecule has 0 radical (unpaired) electrons. The average molecular weight is 360 g/mol. The highest BCUT2D eigenvalue weighted by molar-refractivity contribution is 5.81. The molecule has 0 N–H and O–H groups in total. The molecule has 5 nitrogen and oxygen atoms in total. The third kappa shape index (κ3) is 4.98. The van der Waals surface area contributed by atoms with Gasteiger partial charge in [0.2, 0.25) is 0 Å². The third-order valence-electron chi connectivity index (χ3n) is 5.36. The second kappa shape index (κ2) is 8.87. The normalized spacial score (nSPS) is 22.6. The van der Waals surface area contributed by atoms with Gasteiger partial charge in [0.15, 0.2) is 6.10 Å². The van der Waals surface area contributed by atoms with Crippen molar-refractivity contribution in [3.63, 3.8) is 0 Å². The zero-order valence-electron chi connectivity index (χ0n) is 16.3. The van der Waals surface area contributed by atoms with Gasteiger partial charge in [0, 0.05) is 39.3 Å². The van der Waals surface area contributed by atoms with Gasteiger partial charge < -0.3 is 14.4 Å². The lowest BCUT2D eigenvalue weighted by atomic mass is 10.0. The molecule has 0 aliphatic carbocycles. The molecule has 0 aromatic heterocycles. The highest BCUT2D eigenvalue weighted by atomic mass is 16.5. The van der Waals surface area contributed by atoms with Crippen molar-refractivity contribution < 1.29 is 14.3 Å². The molecule has 2 aliphatic heterocycles. The quantitative estimate of drug-likeness (QED) is 0.782. The fourth-order valence-corrected chi connectivity index (χ4v) is 3.69. The number of hydrogen-bond acceptors (Lipinski definition) is 4. The van der Waals surface area contributed by atoms with Crippen molar-refractivity contribution in [2.45, 2.75) is 51.7 Å². The number of benzene rings is 1. The van der Waals surface area contributed by atoms with Gasteiger partial charge in [-0.25, -0.2) is 0 Å². The molecule has 2 atom stereocenters. The summed E-state index contributed by atoms with van der Waals surface area (Å²) in [6, 6.07) is 8.05. The molecule has 0 bridgehead atoms. The number of rotatable bonds is 6. The molecule has 2 unspecified atom stereocenters. The smallest absolute Gasteiger partial charge is 0.263 e. The van der Waals surface area contributed by atoms with Gasteiger partial charge in [-0.05, 0) is 43.4 Å². The van der Waals surface area contributed by atoms with Gasteiger partial charge in [-0.2, -0.15) is 0 Å². The van der Waals surface area contributed by atoms with E-state index in [1.165, 1.54) is 18.4 Å². The van der Waals surface area contributed by atoms with E-state index in [4.69, 9.17) is 9.47 Å². The second-order valence-corrected chi connectivity index (χ2v) is 7.75. The molecule has 2 aliphatic rings. The average Bonchev–Trinajstić information content (AvgIpc) is 3.15. The summed E-state index contributed by atoms with van der Waals surface area (Å²) in [7, 11) is 0. The van der Waals surface area contributed by atoms with Crippen LogP contribution in [0.4, 0.5) is 0 Å². The molecule has 2 fully saturated rings. The summed E-state index contributed by atoms with van der Waals surface area (Å²) in [6.45, 7) is 11.4. The lowest BCUT2D eigenvalue weighted by Gasteiger charge is -2.36. The van der Waals surface area contributed by atoms with E-state index < -0.39 is 6.10 Å². The van der Waals surface area contributed by atoms with E-state index in [1.54, 1.807) is 0 Å². The number of ether oxygens (including phenoxy) is 2. The summed E-state index contributed by atoms with van der Waals surface area (Å²) in [5, 5.41) is 0. The van der Waals surface area contributed by atoms with Crippen molar-refractivity contribution in [3.8, 4) is 5.75 Å². The van der Waals surface area contributed by atoms with Crippen LogP contribution in [-0.2, 0) is 9.53 Å². The number of amides is 1. The first kappa shape index (κ1) is 19.2. The van der Waals surface area contributed by atoms with Crippen LogP contribution in [-0.4, -0.2) is 67.2 Å². The Labute approximate surface area is 157 Å². The topological polar surface area (TPSA) is 42.0 Å². The minimum absolute atomic E-state index is 0.0803. The molecule has 2 saturated heterocycles. The van der Waals surface area contributed by atoms with Gasteiger partial charge in [-0.1, -0.05) is 26.0 Å². The fourth-order valence-electron chi connectivity index (χ4n) is 3.69. The number of hydrogen-bond donors (Lipinski definition) is 0. The summed E-state index contributed by atoms with van der Waals surface area (Å²) in [6.07, 6.45) is 2.27. The minimum atomic E-state index is -0.456. The molecule has 144 valence electrons. The molecule has 0 saturated carbocycles. The molecule has 0 spiro atoms. The van der Waals surface area contributed by atoms with Crippen LogP contribution in [0.1, 0.15) is 45.1 Å². The Kier molecular flexibility index (Phi) is 6.54. The predicted octanol–water partition coefficient (Wildman–Crippen LogP) is 2.90. The zero-order chi connectivity index (χ0) is 18.5. The van der Waals surface area contributed by atoms with E-state index >= 15 is 0 Å². The van der Waals surface area contributed by atoms with Crippen LogP contribution >= 0.6 is 0 Å². The summed E-state index contributed by atoms with van der Waals surface area (Å²) in [4.78, 5) is 17.1. The second-order valence-electron chi connectivity index (χ2n) is 7.75. The Morgan fingerprint density at radius 2 is 2.00 bits per heavy atom. The standard InChI is InChI=1S/C21H32N2O3/c1-16(2)18-6-4-7-19(14-18)26-17(3)21(24)23-11-9-22(10-12-23)15-20-8-5-13-25-20/h4,6-7,14,16-17,20H,5,8-13,15H2,1-3H3. The first-order chi connectivity index (χ1) is 12.5. The maximum absolute atomic E-state index is 12.7. The van der Waals surface area contributed by atoms with Crippen LogP contribution in [0, 0.1) is 0 Å². The molecule has 26 heavy (non-hydrogen) atoms. The van der Waals surface area contributed by atoms with Crippen LogP contribution in [0.25, 0.3) is 0 Å². The summed E-state index contributed by atoms with van der Waals surface area (Å²) < 4.78 is 11.6. The van der Waals surface area contributed by atoms with Gasteiger partial charge in [-0.15, -0.1) is 0 Å². The number of carbonyl (C=O) groups excluding carboxylic acids is 1. The van der Waals surface area contributed by atoms with Crippen molar-refractivity contribution in [2.24, 2.45) is 0 Å². The molecule has 2 heterocycles. The fraction of sp³-hybridized carbons (Fsp3) is 0.667. The third-order valence-corrected chi connectivity index (χ3v) is 5.36. The highest BCUT2D eigenvalue weighted by Gasteiger charge is 2.28. The van der Waals surface area contributed by atoms with Gasteiger partial charge in [0.05, 0.1) is 6.10 Å². The summed E-state index contributed by atoms with van der Waals surface area (Å²) >= 11 is 0. The van der Waals surface area contributed by atoms with Crippen LogP contribution in [0.3, 0.4) is 0 Å². The van der Waals surface area contributed by atoms with E-state index in [0.717, 1.165) is 45.1 Å². The van der Waals surface area contributed by atoms with Crippen LogP contribution < -0.4 is 4.74 Å². The van der Waals surface area contributed by atoms with Gasteiger partial charge >= 0.3 is 0 Å². The Hall–Kier alpha value is -1.59. The monoisotopic (exact) mass is 360 g/mol. The maximum Gasteiger partial charge on any atom is 0.263 e. The molecular formula is C21H32N2O3. The predicted molar refractivity (Wildman–Crippen MR) is 103 cm³/mol. The van der Waals surface area contributed by atoms with E-state index in [1.807, 2.05) is 30.0 Å². The Morgan fingerprint density at radius 1 is 1.23 bits per heavy atom. The number of nitrogens with zero attached hydrogens (tertiary/aromatic N) is 2. The Bertz CT molecular complexity index is 591. The minimum Gasteiger partial charge on any atom is -0.481 e. The first-order valence-electron chi connectivity index (χ1n) is 9.92. The highest BCUT2D eigenvalue weighted by Crippen LogP contribution is 2.21. The molecule has 3 rings (SSSR count). The van der Waals surface area contributed by atoms with Crippen molar-refractivity contribution in [3.05, 3.63) is 29.8 Å². The Balaban J connectivity index is 1.47. The molecule has 1 amide bonds. The van der Waals surface area contributed by atoms with E-state index in [-0.39, 0.29) is 5.91 Å². The van der Waals surface area contributed by atoms with Crippen molar-refractivity contribution in [2.75, 3.05) is 39.3 Å². The number of piperazine rings is 1. The first-order valence-corrected chi connectivity index (χ1v) is 9.92. The molecule has 1 aromatic rings. The zero-order valence-corrected chi connectivity index (χ0v) is 16.3. The maximum atomic E-state index is 12.7. The van der Waals surface area contributed by atoms with E-state index in [0.29, 0.717) is 12.0 Å². The molecule has 1 aromatic carbocycles. The lowest BCUT2D eigenvalue weighted by molar-refractivity contribution is -0.139. The molecule has 5 heteroatoms. The van der Waals surface area contributed by atoms with E-state index in [2.05, 4.69) is 24.8 Å². The van der Waals surface area contributed by atoms with Crippen LogP contribution in [0.15, 0.2) is 24.3 Å². The summed E-state index contributed by atoms with van der Waals surface area (Å²) in [5.41, 5.74) is 1.23.